The number of ether oxygens (including phenoxy) is 1. The van der Waals surface area contributed by atoms with Crippen molar-refractivity contribution < 1.29 is 9.84 Å². The summed E-state index contributed by atoms with van der Waals surface area (Å²) in [4.78, 5) is 1.99. The molecule has 0 saturated carbocycles. The summed E-state index contributed by atoms with van der Waals surface area (Å²) in [5, 5.41) is 12.8. The molecule has 0 aromatic rings. The Morgan fingerprint density at radius 3 is 3.17 bits per heavy atom. The van der Waals surface area contributed by atoms with Crippen molar-refractivity contribution in [3.8, 4) is 0 Å². The summed E-state index contributed by atoms with van der Waals surface area (Å²) in [6.45, 7) is 3.36. The van der Waals surface area contributed by atoms with E-state index in [1.165, 1.54) is 6.42 Å². The van der Waals surface area contributed by atoms with Gasteiger partial charge in [-0.1, -0.05) is 0 Å². The quantitative estimate of drug-likeness (QED) is 0.577. The Morgan fingerprint density at radius 2 is 2.50 bits per heavy atom. The molecule has 0 aromatic carbocycles. The van der Waals surface area contributed by atoms with Crippen molar-refractivity contribution in [1.29, 1.82) is 0 Å². The van der Waals surface area contributed by atoms with Gasteiger partial charge in [0.1, 0.15) is 0 Å². The maximum atomic E-state index is 9.80. The lowest BCUT2D eigenvalue weighted by atomic mass is 10.0. The van der Waals surface area contributed by atoms with Gasteiger partial charge in [-0.15, -0.1) is 0 Å². The molecule has 2 atom stereocenters. The highest BCUT2D eigenvalue weighted by Crippen LogP contribution is 2.31. The summed E-state index contributed by atoms with van der Waals surface area (Å²) in [6, 6.07) is -1.15. The summed E-state index contributed by atoms with van der Waals surface area (Å²) >= 11 is 0. The van der Waals surface area contributed by atoms with Gasteiger partial charge in [0.05, 0.1) is 6.17 Å². The number of piperidine rings is 1. The van der Waals surface area contributed by atoms with Crippen molar-refractivity contribution in [3.05, 3.63) is 0 Å². The first-order valence-corrected chi connectivity index (χ1v) is 4.67. The number of nitrogens with zero attached hydrogens (tertiary/aromatic N) is 1. The Morgan fingerprint density at radius 1 is 1.67 bits per heavy atom. The van der Waals surface area contributed by atoms with E-state index in [-0.39, 0.29) is 0 Å². The van der Waals surface area contributed by atoms with E-state index in [0.29, 0.717) is 12.8 Å². The van der Waals surface area contributed by atoms with E-state index in [1.54, 1.807) is 0 Å². The summed E-state index contributed by atoms with van der Waals surface area (Å²) in [7, 11) is 0. The van der Waals surface area contributed by atoms with Crippen LogP contribution in [0, 0.1) is 0 Å². The normalized spacial score (nSPS) is 42.0. The fourth-order valence-corrected chi connectivity index (χ4v) is 2.00. The molecule has 0 radical (unpaired) electrons. The predicted octanol–water partition coefficient (Wildman–Crippen LogP) is 0.0417. The maximum absolute atomic E-state index is 9.80. The highest BCUT2D eigenvalue weighted by atomic mass is 16.7. The van der Waals surface area contributed by atoms with E-state index in [4.69, 9.17) is 4.74 Å². The minimum Gasteiger partial charge on any atom is -0.340 e. The van der Waals surface area contributed by atoms with Crippen LogP contribution in [-0.4, -0.2) is 35.4 Å². The molecule has 0 aliphatic carbocycles. The summed E-state index contributed by atoms with van der Waals surface area (Å²) < 4.78 is 5.21. The number of rotatable bonds is 2. The third-order valence-electron chi connectivity index (χ3n) is 2.59. The molecule has 12 heavy (non-hydrogen) atoms. The van der Waals surface area contributed by atoms with E-state index in [1.807, 2.05) is 11.8 Å². The standard InChI is InChI=1S/C8H16N2O2/c1-2-12-8(11)9-7-5-3-4-6-10(7)8/h7,9,11H,2-6H2,1H3. The molecule has 2 unspecified atom stereocenters. The first-order chi connectivity index (χ1) is 5.76. The molecule has 2 aliphatic rings. The molecule has 0 aromatic heterocycles. The zero-order valence-corrected chi connectivity index (χ0v) is 7.42. The van der Waals surface area contributed by atoms with Gasteiger partial charge in [-0.2, -0.15) is 0 Å². The average molecular weight is 172 g/mol. The van der Waals surface area contributed by atoms with Gasteiger partial charge in [0.2, 0.25) is 0 Å². The molecule has 2 aliphatic heterocycles. The molecular formula is C8H16N2O2. The highest BCUT2D eigenvalue weighted by molar-refractivity contribution is 4.90. The van der Waals surface area contributed by atoms with Crippen LogP contribution >= 0.6 is 0 Å². The van der Waals surface area contributed by atoms with Gasteiger partial charge in [-0.05, 0) is 26.2 Å². The van der Waals surface area contributed by atoms with E-state index in [0.717, 1.165) is 19.4 Å². The minimum absolute atomic E-state index is 0.343. The van der Waals surface area contributed by atoms with Gasteiger partial charge < -0.3 is 9.84 Å². The lowest BCUT2D eigenvalue weighted by molar-refractivity contribution is -0.393. The van der Waals surface area contributed by atoms with Gasteiger partial charge in [-0.3, -0.25) is 0 Å². The first-order valence-electron chi connectivity index (χ1n) is 4.67. The van der Waals surface area contributed by atoms with E-state index >= 15 is 0 Å². The van der Waals surface area contributed by atoms with Crippen LogP contribution in [0.5, 0.6) is 0 Å². The molecule has 2 heterocycles. The molecule has 70 valence electrons. The van der Waals surface area contributed by atoms with Crippen LogP contribution in [0.25, 0.3) is 0 Å². The number of aliphatic hydroxyl groups is 1. The molecule has 2 N–H and O–H groups in total. The van der Waals surface area contributed by atoms with Gasteiger partial charge in [0.25, 0.3) is 6.03 Å². The maximum Gasteiger partial charge on any atom is 0.294 e. The Bertz CT molecular complexity index is 176. The minimum atomic E-state index is -1.15. The third-order valence-corrected chi connectivity index (χ3v) is 2.59. The van der Waals surface area contributed by atoms with Gasteiger partial charge in [-0.25, -0.2) is 10.2 Å². The van der Waals surface area contributed by atoms with E-state index in [9.17, 15) is 5.11 Å². The lowest BCUT2D eigenvalue weighted by Crippen LogP contribution is -2.80. The summed E-state index contributed by atoms with van der Waals surface area (Å²) in [5.74, 6) is 0. The number of hydrogen-bond acceptors (Lipinski definition) is 4. The fraction of sp³-hybridized carbons (Fsp3) is 1.00. The largest absolute Gasteiger partial charge is 0.340 e. The summed E-state index contributed by atoms with van der Waals surface area (Å²) in [6.07, 6.45) is 3.87. The van der Waals surface area contributed by atoms with Gasteiger partial charge in [0, 0.05) is 13.2 Å². The molecule has 4 nitrogen and oxygen atoms in total. The lowest BCUT2D eigenvalue weighted by Gasteiger charge is -2.56. The number of nitrogens with one attached hydrogen (secondary N) is 1. The Labute approximate surface area is 72.5 Å². The van der Waals surface area contributed by atoms with E-state index in [2.05, 4.69) is 5.32 Å². The van der Waals surface area contributed by atoms with Crippen molar-refractivity contribution in [1.82, 2.24) is 10.2 Å². The number of hydrogen-bond donors (Lipinski definition) is 2. The Kier molecular flexibility index (Phi) is 2.08. The molecular weight excluding hydrogens is 156 g/mol. The second kappa shape index (κ2) is 2.96. The molecule has 2 rings (SSSR count). The van der Waals surface area contributed by atoms with Crippen molar-refractivity contribution in [3.63, 3.8) is 0 Å². The van der Waals surface area contributed by atoms with Gasteiger partial charge in [0.15, 0.2) is 0 Å². The van der Waals surface area contributed by atoms with Crippen molar-refractivity contribution in [2.24, 2.45) is 0 Å². The Hall–Kier alpha value is -0.160. The van der Waals surface area contributed by atoms with Crippen LogP contribution in [-0.2, 0) is 4.74 Å². The SMILES string of the molecule is CCOC1(O)NC2CCCCN21. The topological polar surface area (TPSA) is 44.7 Å². The van der Waals surface area contributed by atoms with Crippen LogP contribution in [0.4, 0.5) is 0 Å². The molecule has 2 fully saturated rings. The second-order valence-electron chi connectivity index (χ2n) is 3.39. The zero-order valence-electron chi connectivity index (χ0n) is 7.42. The zero-order chi connectivity index (χ0) is 8.60. The van der Waals surface area contributed by atoms with Crippen molar-refractivity contribution in [2.75, 3.05) is 13.2 Å². The monoisotopic (exact) mass is 172 g/mol. The highest BCUT2D eigenvalue weighted by Gasteiger charge is 2.51. The van der Waals surface area contributed by atoms with Crippen LogP contribution in [0.2, 0.25) is 0 Å². The van der Waals surface area contributed by atoms with Crippen LogP contribution in [0.3, 0.4) is 0 Å². The van der Waals surface area contributed by atoms with Gasteiger partial charge >= 0.3 is 0 Å². The second-order valence-corrected chi connectivity index (χ2v) is 3.39. The third kappa shape index (κ3) is 1.15. The summed E-state index contributed by atoms with van der Waals surface area (Å²) in [5.41, 5.74) is 0. The van der Waals surface area contributed by atoms with Crippen molar-refractivity contribution >= 4 is 0 Å². The average Bonchev–Trinajstić information content (AvgIpc) is 2.04. The van der Waals surface area contributed by atoms with Crippen molar-refractivity contribution in [2.45, 2.75) is 38.4 Å². The molecule has 0 spiro atoms. The molecule has 0 bridgehead atoms. The predicted molar refractivity (Wildman–Crippen MR) is 44.1 cm³/mol. The smallest absolute Gasteiger partial charge is 0.294 e. The molecule has 0 amide bonds. The molecule has 4 heteroatoms. The first kappa shape index (κ1) is 8.44. The number of fused-ring (bicyclic) bond motifs is 1. The van der Waals surface area contributed by atoms with E-state index < -0.39 is 6.03 Å². The van der Waals surface area contributed by atoms with Crippen LogP contribution in [0.15, 0.2) is 0 Å². The molecule has 2 saturated heterocycles. The fourth-order valence-electron chi connectivity index (χ4n) is 2.00. The van der Waals surface area contributed by atoms with Crippen LogP contribution in [0.1, 0.15) is 26.2 Å². The Balaban J connectivity index is 1.95. The van der Waals surface area contributed by atoms with Crippen LogP contribution < -0.4 is 5.32 Å².